The maximum Gasteiger partial charge on any atom is 0.195 e. The number of hydrogen-bond acceptors (Lipinski definition) is 3. The van der Waals surface area contributed by atoms with E-state index >= 15 is 0 Å². The van der Waals surface area contributed by atoms with Crippen LogP contribution in [0, 0.1) is 0 Å². The molecule has 0 aliphatic rings. The van der Waals surface area contributed by atoms with Gasteiger partial charge in [-0.3, -0.25) is 0 Å². The van der Waals surface area contributed by atoms with E-state index in [2.05, 4.69) is 11.9 Å². The van der Waals surface area contributed by atoms with Gasteiger partial charge < -0.3 is 10.2 Å². The average Bonchev–Trinajstić information content (AvgIpc) is 2.59. The normalized spacial score (nSPS) is 11.0. The van der Waals surface area contributed by atoms with E-state index in [0.29, 0.717) is 0 Å². The van der Waals surface area contributed by atoms with Crippen LogP contribution in [-0.2, 0) is 12.8 Å². The van der Waals surface area contributed by atoms with Gasteiger partial charge in [-0.15, -0.1) is 0 Å². The zero-order valence-electron chi connectivity index (χ0n) is 8.50. The van der Waals surface area contributed by atoms with E-state index in [1.807, 2.05) is 19.1 Å². The molecule has 2 aromatic rings. The average molecular weight is 190 g/mol. The molecule has 3 heteroatoms. The Hall–Kier alpha value is -1.51. The van der Waals surface area contributed by atoms with Crippen LogP contribution in [0.25, 0.3) is 11.1 Å². The van der Waals surface area contributed by atoms with Crippen molar-refractivity contribution in [1.29, 1.82) is 0 Å². The second-order valence-corrected chi connectivity index (χ2v) is 3.34. The van der Waals surface area contributed by atoms with Crippen LogP contribution in [0.4, 0.5) is 5.69 Å². The smallest absolute Gasteiger partial charge is 0.195 e. The highest BCUT2D eigenvalue weighted by Gasteiger charge is 2.08. The minimum Gasteiger partial charge on any atom is -0.440 e. The Morgan fingerprint density at radius 2 is 2.07 bits per heavy atom. The van der Waals surface area contributed by atoms with Gasteiger partial charge in [0, 0.05) is 12.1 Å². The Kier molecular flexibility index (Phi) is 2.15. The van der Waals surface area contributed by atoms with Gasteiger partial charge in [0.05, 0.1) is 0 Å². The van der Waals surface area contributed by atoms with Crippen molar-refractivity contribution >= 4 is 16.8 Å². The first kappa shape index (κ1) is 9.06. The van der Waals surface area contributed by atoms with Gasteiger partial charge in [0.1, 0.15) is 5.52 Å². The first-order valence-corrected chi connectivity index (χ1v) is 4.92. The third-order valence-electron chi connectivity index (χ3n) is 2.32. The maximum absolute atomic E-state index is 5.77. The zero-order chi connectivity index (χ0) is 10.1. The molecule has 2 rings (SSSR count). The van der Waals surface area contributed by atoms with E-state index in [4.69, 9.17) is 10.2 Å². The third-order valence-corrected chi connectivity index (χ3v) is 2.32. The molecule has 2 N–H and O–H groups in total. The number of aromatic nitrogens is 1. The van der Waals surface area contributed by atoms with Crippen molar-refractivity contribution in [3.63, 3.8) is 0 Å². The number of nitrogens with two attached hydrogens (primary N) is 1. The molecule has 14 heavy (non-hydrogen) atoms. The van der Waals surface area contributed by atoms with Crippen molar-refractivity contribution in [1.82, 2.24) is 4.98 Å². The standard InChI is InChI=1S/C11H14N2O/c1-3-7-5-8(12)6-9-11(7)14-10(4-2)13-9/h5-6H,3-4,12H2,1-2H3. The fourth-order valence-electron chi connectivity index (χ4n) is 1.59. The number of benzene rings is 1. The van der Waals surface area contributed by atoms with Crippen molar-refractivity contribution in [3.05, 3.63) is 23.6 Å². The van der Waals surface area contributed by atoms with Gasteiger partial charge in [0.2, 0.25) is 0 Å². The number of oxazole rings is 1. The molecule has 0 unspecified atom stereocenters. The summed E-state index contributed by atoms with van der Waals surface area (Å²) in [7, 11) is 0. The monoisotopic (exact) mass is 190 g/mol. The molecule has 1 heterocycles. The molecule has 0 fully saturated rings. The van der Waals surface area contributed by atoms with Gasteiger partial charge in [-0.1, -0.05) is 13.8 Å². The van der Waals surface area contributed by atoms with Crippen LogP contribution in [0.15, 0.2) is 16.5 Å². The summed E-state index contributed by atoms with van der Waals surface area (Å²) in [6.45, 7) is 4.11. The molecule has 0 aliphatic heterocycles. The highest BCUT2D eigenvalue weighted by molar-refractivity contribution is 5.80. The quantitative estimate of drug-likeness (QED) is 0.740. The number of rotatable bonds is 2. The van der Waals surface area contributed by atoms with Gasteiger partial charge in [0.25, 0.3) is 0 Å². The Balaban J connectivity index is 2.71. The molecule has 3 nitrogen and oxygen atoms in total. The molecule has 0 saturated heterocycles. The lowest BCUT2D eigenvalue weighted by Gasteiger charge is -1.98. The van der Waals surface area contributed by atoms with E-state index in [1.54, 1.807) is 0 Å². The van der Waals surface area contributed by atoms with E-state index < -0.39 is 0 Å². The van der Waals surface area contributed by atoms with Crippen molar-refractivity contribution < 1.29 is 4.42 Å². The minimum absolute atomic E-state index is 0.755. The molecule has 0 atom stereocenters. The third kappa shape index (κ3) is 1.35. The van der Waals surface area contributed by atoms with Crippen molar-refractivity contribution in [2.24, 2.45) is 0 Å². The van der Waals surface area contributed by atoms with Gasteiger partial charge in [-0.05, 0) is 24.1 Å². The first-order valence-electron chi connectivity index (χ1n) is 4.92. The lowest BCUT2D eigenvalue weighted by molar-refractivity contribution is 0.535. The summed E-state index contributed by atoms with van der Waals surface area (Å²) in [6.07, 6.45) is 1.73. The molecular weight excluding hydrogens is 176 g/mol. The molecule has 0 spiro atoms. The lowest BCUT2D eigenvalue weighted by atomic mass is 10.1. The summed E-state index contributed by atoms with van der Waals surface area (Å²) >= 11 is 0. The molecule has 0 bridgehead atoms. The number of nitrogens with zero attached hydrogens (tertiary/aromatic N) is 1. The Bertz CT molecular complexity index is 460. The summed E-state index contributed by atoms with van der Waals surface area (Å²) in [5, 5.41) is 0. The van der Waals surface area contributed by atoms with Crippen LogP contribution < -0.4 is 5.73 Å². The number of aryl methyl sites for hydroxylation is 2. The fourth-order valence-corrected chi connectivity index (χ4v) is 1.59. The molecule has 0 saturated carbocycles. The van der Waals surface area contributed by atoms with Crippen LogP contribution in [0.5, 0.6) is 0 Å². The van der Waals surface area contributed by atoms with Crippen molar-refractivity contribution in [2.45, 2.75) is 26.7 Å². The molecule has 0 amide bonds. The zero-order valence-corrected chi connectivity index (χ0v) is 8.50. The first-order chi connectivity index (χ1) is 6.74. The van der Waals surface area contributed by atoms with Crippen LogP contribution in [0.3, 0.4) is 0 Å². The number of nitrogen functional groups attached to an aromatic ring is 1. The number of hydrogen-bond donors (Lipinski definition) is 1. The van der Waals surface area contributed by atoms with Gasteiger partial charge in [-0.25, -0.2) is 4.98 Å². The topological polar surface area (TPSA) is 52.0 Å². The lowest BCUT2D eigenvalue weighted by Crippen LogP contribution is -1.88. The van der Waals surface area contributed by atoms with Gasteiger partial charge in [-0.2, -0.15) is 0 Å². The van der Waals surface area contributed by atoms with Crippen LogP contribution in [-0.4, -0.2) is 4.98 Å². The Morgan fingerprint density at radius 3 is 2.71 bits per heavy atom. The summed E-state index contributed by atoms with van der Waals surface area (Å²) in [6, 6.07) is 3.81. The van der Waals surface area contributed by atoms with E-state index in [9.17, 15) is 0 Å². The van der Waals surface area contributed by atoms with Crippen LogP contribution in [0.1, 0.15) is 25.3 Å². The van der Waals surface area contributed by atoms with Crippen molar-refractivity contribution in [3.8, 4) is 0 Å². The summed E-state index contributed by atoms with van der Waals surface area (Å²) < 4.78 is 5.63. The van der Waals surface area contributed by atoms with E-state index in [0.717, 1.165) is 41.1 Å². The second-order valence-electron chi connectivity index (χ2n) is 3.34. The van der Waals surface area contributed by atoms with Crippen molar-refractivity contribution in [2.75, 3.05) is 5.73 Å². The summed E-state index contributed by atoms with van der Waals surface area (Å²) in [5.74, 6) is 0.778. The molecule has 74 valence electrons. The molecule has 1 aromatic carbocycles. The molecule has 0 aliphatic carbocycles. The minimum atomic E-state index is 0.755. The largest absolute Gasteiger partial charge is 0.440 e. The van der Waals surface area contributed by atoms with Crippen LogP contribution >= 0.6 is 0 Å². The second kappa shape index (κ2) is 3.33. The highest BCUT2D eigenvalue weighted by atomic mass is 16.3. The Labute approximate surface area is 82.9 Å². The Morgan fingerprint density at radius 1 is 1.29 bits per heavy atom. The molecular formula is C11H14N2O. The maximum atomic E-state index is 5.77. The number of anilines is 1. The fraction of sp³-hybridized carbons (Fsp3) is 0.364. The van der Waals surface area contributed by atoms with Gasteiger partial charge >= 0.3 is 0 Å². The molecule has 0 radical (unpaired) electrons. The predicted molar refractivity (Wildman–Crippen MR) is 57.2 cm³/mol. The van der Waals surface area contributed by atoms with E-state index in [1.165, 1.54) is 0 Å². The van der Waals surface area contributed by atoms with Crippen LogP contribution in [0.2, 0.25) is 0 Å². The SMILES string of the molecule is CCc1nc2cc(N)cc(CC)c2o1. The summed E-state index contributed by atoms with van der Waals surface area (Å²) in [5.41, 5.74) is 9.42. The van der Waals surface area contributed by atoms with E-state index in [-0.39, 0.29) is 0 Å². The predicted octanol–water partition coefficient (Wildman–Crippen LogP) is 2.53. The highest BCUT2D eigenvalue weighted by Crippen LogP contribution is 2.23. The number of fused-ring (bicyclic) bond motifs is 1. The van der Waals surface area contributed by atoms with Gasteiger partial charge in [0.15, 0.2) is 11.5 Å². The molecule has 1 aromatic heterocycles. The summed E-state index contributed by atoms with van der Waals surface area (Å²) in [4.78, 5) is 4.35.